The van der Waals surface area contributed by atoms with Gasteiger partial charge in [-0.25, -0.2) is 10.1 Å². The standard InChI is InChI=1S/C16H16F2O7S/c17-16(18,26-25-24-20)15(19)23-10-8-21-7-9-22-14-6-5-12-3-1-2-4-13(12)11-14/h1-6,11,20H,7-10H2. The Hall–Kier alpha value is -1.98. The van der Waals surface area contributed by atoms with Gasteiger partial charge in [0.2, 0.25) is 0 Å². The Morgan fingerprint density at radius 3 is 2.54 bits per heavy atom. The number of rotatable bonds is 11. The fraction of sp³-hybridized carbons (Fsp3) is 0.312. The SMILES string of the molecule is O=C(OCCOCCOc1ccc2ccccc2c1)C(F)(F)SOOO. The molecule has 0 spiro atoms. The molecule has 0 saturated carbocycles. The zero-order valence-corrected chi connectivity index (χ0v) is 14.2. The van der Waals surface area contributed by atoms with E-state index in [-0.39, 0.29) is 26.4 Å². The fourth-order valence-corrected chi connectivity index (χ4v) is 2.19. The monoisotopic (exact) mass is 390 g/mol. The summed E-state index contributed by atoms with van der Waals surface area (Å²) in [4.78, 5) is 11.1. The molecule has 1 N–H and O–H groups in total. The van der Waals surface area contributed by atoms with E-state index in [0.717, 1.165) is 10.8 Å². The van der Waals surface area contributed by atoms with E-state index in [1.54, 1.807) is 0 Å². The Morgan fingerprint density at radius 2 is 1.77 bits per heavy atom. The van der Waals surface area contributed by atoms with Crippen molar-refractivity contribution in [2.45, 2.75) is 5.25 Å². The lowest BCUT2D eigenvalue weighted by Gasteiger charge is -2.12. The summed E-state index contributed by atoms with van der Waals surface area (Å²) in [5.41, 5.74) is 0. The zero-order chi connectivity index (χ0) is 18.8. The summed E-state index contributed by atoms with van der Waals surface area (Å²) >= 11 is -0.684. The van der Waals surface area contributed by atoms with Crippen LogP contribution in [0.5, 0.6) is 5.75 Å². The number of carbonyl (C=O) groups is 1. The second-order valence-electron chi connectivity index (χ2n) is 4.85. The number of benzene rings is 2. The highest BCUT2D eigenvalue weighted by Gasteiger charge is 2.44. The van der Waals surface area contributed by atoms with Crippen LogP contribution in [0.1, 0.15) is 0 Å². The molecule has 0 aliphatic rings. The molecule has 2 aromatic rings. The van der Waals surface area contributed by atoms with Crippen LogP contribution in [0.15, 0.2) is 42.5 Å². The minimum atomic E-state index is -4.01. The minimum Gasteiger partial charge on any atom is -0.491 e. The van der Waals surface area contributed by atoms with Gasteiger partial charge in [-0.3, -0.25) is 0 Å². The van der Waals surface area contributed by atoms with Gasteiger partial charge in [0, 0.05) is 0 Å². The first kappa shape index (κ1) is 20.3. The highest BCUT2D eigenvalue weighted by molar-refractivity contribution is 7.96. The summed E-state index contributed by atoms with van der Waals surface area (Å²) in [6, 6.07) is 13.5. The highest BCUT2D eigenvalue weighted by Crippen LogP contribution is 2.31. The molecular weight excluding hydrogens is 374 g/mol. The number of carbonyl (C=O) groups excluding carboxylic acids is 1. The van der Waals surface area contributed by atoms with Crippen LogP contribution in [-0.4, -0.2) is 42.9 Å². The van der Waals surface area contributed by atoms with Crippen molar-refractivity contribution < 1.29 is 42.4 Å². The molecular formula is C16H16F2O7S. The van der Waals surface area contributed by atoms with Gasteiger partial charge in [0.1, 0.15) is 31.0 Å². The molecule has 0 saturated heterocycles. The van der Waals surface area contributed by atoms with Crippen molar-refractivity contribution in [1.82, 2.24) is 0 Å². The lowest BCUT2D eigenvalue weighted by Crippen LogP contribution is -2.28. The molecule has 0 radical (unpaired) electrons. The summed E-state index contributed by atoms with van der Waals surface area (Å²) in [6.45, 7) is -0.00712. The summed E-state index contributed by atoms with van der Waals surface area (Å²) in [5.74, 6) is -1.16. The van der Waals surface area contributed by atoms with E-state index in [1.807, 2.05) is 42.5 Å². The number of fused-ring (bicyclic) bond motifs is 1. The van der Waals surface area contributed by atoms with Crippen LogP contribution in [0.4, 0.5) is 8.78 Å². The molecule has 142 valence electrons. The molecule has 0 aliphatic carbocycles. The third-order valence-corrected chi connectivity index (χ3v) is 3.59. The molecule has 2 rings (SSSR count). The number of alkyl halides is 2. The first-order chi connectivity index (χ1) is 12.5. The summed E-state index contributed by atoms with van der Waals surface area (Å²) in [7, 11) is 0. The number of ether oxygens (including phenoxy) is 3. The van der Waals surface area contributed by atoms with Crippen LogP contribution in [0.2, 0.25) is 0 Å². The molecule has 0 aromatic heterocycles. The largest absolute Gasteiger partial charge is 0.491 e. The number of hydrogen-bond donors (Lipinski definition) is 1. The summed E-state index contributed by atoms with van der Waals surface area (Å²) in [5, 5.41) is 8.91. The van der Waals surface area contributed by atoms with E-state index in [4.69, 9.17) is 14.7 Å². The minimum absolute atomic E-state index is 0.0784. The topological polar surface area (TPSA) is 83.5 Å². The van der Waals surface area contributed by atoms with Crippen molar-refractivity contribution in [1.29, 1.82) is 0 Å². The predicted octanol–water partition coefficient (Wildman–Crippen LogP) is 3.44. The predicted molar refractivity (Wildman–Crippen MR) is 88.6 cm³/mol. The van der Waals surface area contributed by atoms with Crippen molar-refractivity contribution in [3.8, 4) is 5.75 Å². The summed E-state index contributed by atoms with van der Waals surface area (Å²) in [6.07, 6.45) is 0. The second-order valence-corrected chi connectivity index (χ2v) is 5.66. The van der Waals surface area contributed by atoms with Gasteiger partial charge >= 0.3 is 11.2 Å². The molecule has 0 bridgehead atoms. The van der Waals surface area contributed by atoms with Gasteiger partial charge in [-0.15, -0.1) is 4.33 Å². The van der Waals surface area contributed by atoms with E-state index >= 15 is 0 Å². The summed E-state index contributed by atoms with van der Waals surface area (Å²) < 4.78 is 44.6. The van der Waals surface area contributed by atoms with Crippen LogP contribution >= 0.6 is 12.0 Å². The van der Waals surface area contributed by atoms with Crippen molar-refractivity contribution >= 4 is 28.8 Å². The van der Waals surface area contributed by atoms with E-state index in [2.05, 4.69) is 14.1 Å². The maximum Gasteiger partial charge on any atom is 0.415 e. The van der Waals surface area contributed by atoms with Gasteiger partial charge in [-0.05, 0) is 22.9 Å². The van der Waals surface area contributed by atoms with Gasteiger partial charge in [0.05, 0.1) is 13.2 Å². The van der Waals surface area contributed by atoms with Crippen molar-refractivity contribution in [3.05, 3.63) is 42.5 Å². The number of halogens is 2. The average molecular weight is 390 g/mol. The molecule has 26 heavy (non-hydrogen) atoms. The van der Waals surface area contributed by atoms with Gasteiger partial charge in [0.25, 0.3) is 0 Å². The van der Waals surface area contributed by atoms with Gasteiger partial charge in [-0.2, -0.15) is 8.78 Å². The highest BCUT2D eigenvalue weighted by atomic mass is 32.2. The first-order valence-electron chi connectivity index (χ1n) is 7.43. The molecule has 0 aliphatic heterocycles. The zero-order valence-electron chi connectivity index (χ0n) is 13.4. The normalized spacial score (nSPS) is 11.5. The van der Waals surface area contributed by atoms with Crippen LogP contribution < -0.4 is 4.74 Å². The maximum atomic E-state index is 13.0. The van der Waals surface area contributed by atoms with Crippen LogP contribution in [0.25, 0.3) is 10.8 Å². The van der Waals surface area contributed by atoms with E-state index < -0.39 is 23.3 Å². The average Bonchev–Trinajstić information content (AvgIpc) is 2.65. The third kappa shape index (κ3) is 6.39. The van der Waals surface area contributed by atoms with Crippen molar-refractivity contribution in [2.75, 3.05) is 26.4 Å². The molecule has 0 unspecified atom stereocenters. The molecule has 0 fully saturated rings. The van der Waals surface area contributed by atoms with Crippen LogP contribution in [0, 0.1) is 0 Å². The van der Waals surface area contributed by atoms with Crippen molar-refractivity contribution in [2.24, 2.45) is 0 Å². The molecule has 2 aromatic carbocycles. The quantitative estimate of drug-likeness (QED) is 0.205. The van der Waals surface area contributed by atoms with E-state index in [0.29, 0.717) is 5.75 Å². The Morgan fingerprint density at radius 1 is 1.04 bits per heavy atom. The van der Waals surface area contributed by atoms with Gasteiger partial charge < -0.3 is 14.2 Å². The lowest BCUT2D eigenvalue weighted by molar-refractivity contribution is -0.433. The second kappa shape index (κ2) is 10.2. The van der Waals surface area contributed by atoms with Gasteiger partial charge in [0.15, 0.2) is 0 Å². The smallest absolute Gasteiger partial charge is 0.415 e. The Balaban J connectivity index is 1.59. The maximum absolute atomic E-state index is 13.0. The molecule has 10 heteroatoms. The van der Waals surface area contributed by atoms with E-state index in [1.165, 1.54) is 0 Å². The molecule has 7 nitrogen and oxygen atoms in total. The Kier molecular flexibility index (Phi) is 8.01. The Labute approximate surface area is 151 Å². The van der Waals surface area contributed by atoms with Crippen LogP contribution in [0.3, 0.4) is 0 Å². The van der Waals surface area contributed by atoms with Crippen molar-refractivity contribution in [3.63, 3.8) is 0 Å². The number of esters is 1. The molecule has 0 heterocycles. The first-order valence-corrected chi connectivity index (χ1v) is 8.17. The number of hydrogen-bond acceptors (Lipinski definition) is 8. The van der Waals surface area contributed by atoms with E-state index in [9.17, 15) is 13.6 Å². The molecule has 0 amide bonds. The van der Waals surface area contributed by atoms with Crippen LogP contribution in [-0.2, 0) is 23.6 Å². The molecule has 0 atom stereocenters. The Bertz CT molecular complexity index is 714. The fourth-order valence-electron chi connectivity index (χ4n) is 1.95. The van der Waals surface area contributed by atoms with Gasteiger partial charge in [-0.1, -0.05) is 35.4 Å². The third-order valence-electron chi connectivity index (χ3n) is 3.08. The lowest BCUT2D eigenvalue weighted by atomic mass is 10.1.